The molecule has 1 aliphatic rings. The molecule has 7 heteroatoms. The number of benzene rings is 2. The third-order valence-electron chi connectivity index (χ3n) is 5.05. The summed E-state index contributed by atoms with van der Waals surface area (Å²) in [4.78, 5) is 40.3. The van der Waals surface area contributed by atoms with Crippen LogP contribution in [-0.4, -0.2) is 61.8 Å². The lowest BCUT2D eigenvalue weighted by Gasteiger charge is -2.26. The van der Waals surface area contributed by atoms with Gasteiger partial charge in [0.05, 0.1) is 24.3 Å². The molecule has 3 amide bonds. The minimum atomic E-state index is -0.349. The summed E-state index contributed by atoms with van der Waals surface area (Å²) in [6.07, 6.45) is 0.0531. The van der Waals surface area contributed by atoms with E-state index in [1.165, 1.54) is 0 Å². The number of imide groups is 1. The number of nitrogens with zero attached hydrogens (tertiary/aromatic N) is 2. The maximum absolute atomic E-state index is 12.4. The van der Waals surface area contributed by atoms with Crippen LogP contribution in [0.4, 0.5) is 0 Å². The zero-order chi connectivity index (χ0) is 21.0. The number of nitrogens with one attached hydrogen (secondary N) is 1. The second kappa shape index (κ2) is 8.87. The summed E-state index contributed by atoms with van der Waals surface area (Å²) in [7, 11) is 5.48. The molecule has 0 saturated heterocycles. The summed E-state index contributed by atoms with van der Waals surface area (Å²) in [6, 6.07) is 14.3. The van der Waals surface area contributed by atoms with E-state index in [2.05, 4.69) is 5.32 Å². The Labute approximate surface area is 170 Å². The first kappa shape index (κ1) is 20.5. The molecule has 29 heavy (non-hydrogen) atoms. The fourth-order valence-corrected chi connectivity index (χ4v) is 3.47. The lowest BCUT2D eigenvalue weighted by atomic mass is 10.0. The SMILES string of the molecule is COc1ccccc1[C@H](CNC(=O)CCN1C(=O)c2ccccc2C1=O)N(C)C. The van der Waals surface area contributed by atoms with E-state index in [0.717, 1.165) is 16.2 Å². The van der Waals surface area contributed by atoms with Crippen molar-refractivity contribution in [3.63, 3.8) is 0 Å². The van der Waals surface area contributed by atoms with Crippen molar-refractivity contribution >= 4 is 17.7 Å². The average molecular weight is 395 g/mol. The molecule has 0 aliphatic carbocycles. The average Bonchev–Trinajstić information content (AvgIpc) is 2.97. The number of para-hydroxylation sites is 1. The first-order valence-corrected chi connectivity index (χ1v) is 9.45. The van der Waals surface area contributed by atoms with Gasteiger partial charge >= 0.3 is 0 Å². The number of hydrogen-bond donors (Lipinski definition) is 1. The molecule has 1 atom stereocenters. The molecule has 0 spiro atoms. The van der Waals surface area contributed by atoms with Gasteiger partial charge in [-0.3, -0.25) is 19.3 Å². The predicted octanol–water partition coefficient (Wildman–Crippen LogP) is 2.10. The number of likely N-dealkylation sites (N-methyl/N-ethyl adjacent to an activating group) is 1. The summed E-state index contributed by atoms with van der Waals surface area (Å²) in [6.45, 7) is 0.438. The molecule has 1 aliphatic heterocycles. The molecule has 0 aromatic heterocycles. The highest BCUT2D eigenvalue weighted by Gasteiger charge is 2.35. The third-order valence-corrected chi connectivity index (χ3v) is 5.05. The van der Waals surface area contributed by atoms with Gasteiger partial charge in [-0.1, -0.05) is 30.3 Å². The smallest absolute Gasteiger partial charge is 0.261 e. The minimum absolute atomic E-state index is 0.0531. The first-order valence-electron chi connectivity index (χ1n) is 9.45. The summed E-state index contributed by atoms with van der Waals surface area (Å²) in [5.41, 5.74) is 1.75. The summed E-state index contributed by atoms with van der Waals surface area (Å²) in [5.74, 6) is -0.160. The van der Waals surface area contributed by atoms with Gasteiger partial charge in [0.2, 0.25) is 5.91 Å². The summed E-state index contributed by atoms with van der Waals surface area (Å²) in [5, 5.41) is 2.90. The molecule has 0 unspecified atom stereocenters. The van der Waals surface area contributed by atoms with Crippen molar-refractivity contribution in [2.45, 2.75) is 12.5 Å². The van der Waals surface area contributed by atoms with E-state index >= 15 is 0 Å². The number of fused-ring (bicyclic) bond motifs is 1. The van der Waals surface area contributed by atoms with Crippen molar-refractivity contribution in [3.8, 4) is 5.75 Å². The summed E-state index contributed by atoms with van der Waals surface area (Å²) < 4.78 is 5.43. The highest BCUT2D eigenvalue weighted by molar-refractivity contribution is 6.21. The third kappa shape index (κ3) is 4.30. The monoisotopic (exact) mass is 395 g/mol. The molecule has 152 valence electrons. The minimum Gasteiger partial charge on any atom is -0.496 e. The molecule has 1 N–H and O–H groups in total. The van der Waals surface area contributed by atoms with E-state index < -0.39 is 0 Å². The highest BCUT2D eigenvalue weighted by Crippen LogP contribution is 2.27. The standard InChI is InChI=1S/C22H25N3O4/c1-24(2)18(17-10-6-7-11-19(17)29-3)14-23-20(26)12-13-25-21(27)15-8-4-5-9-16(15)22(25)28/h4-11,18H,12-14H2,1-3H3,(H,23,26)/t18-/m0/s1. The van der Waals surface area contributed by atoms with Gasteiger partial charge < -0.3 is 15.0 Å². The van der Waals surface area contributed by atoms with Crippen LogP contribution < -0.4 is 10.1 Å². The Kier molecular flexibility index (Phi) is 6.29. The maximum atomic E-state index is 12.4. The van der Waals surface area contributed by atoms with Crippen molar-refractivity contribution in [3.05, 3.63) is 65.2 Å². The van der Waals surface area contributed by atoms with Gasteiger partial charge in [-0.2, -0.15) is 0 Å². The van der Waals surface area contributed by atoms with Crippen LogP contribution in [0, 0.1) is 0 Å². The molecule has 0 fully saturated rings. The van der Waals surface area contributed by atoms with Gasteiger partial charge in [0.25, 0.3) is 11.8 Å². The van der Waals surface area contributed by atoms with Crippen molar-refractivity contribution in [1.82, 2.24) is 15.1 Å². The number of carbonyl (C=O) groups excluding carboxylic acids is 3. The molecule has 0 radical (unpaired) electrons. The largest absolute Gasteiger partial charge is 0.496 e. The molecule has 7 nitrogen and oxygen atoms in total. The number of rotatable bonds is 8. The number of hydrogen-bond acceptors (Lipinski definition) is 5. The normalized spacial score (nSPS) is 14.1. The van der Waals surface area contributed by atoms with Crippen LogP contribution in [0.25, 0.3) is 0 Å². The fourth-order valence-electron chi connectivity index (χ4n) is 3.47. The Hall–Kier alpha value is -3.19. The fraction of sp³-hybridized carbons (Fsp3) is 0.318. The molecule has 0 saturated carbocycles. The van der Waals surface area contributed by atoms with Crippen LogP contribution in [0.2, 0.25) is 0 Å². The number of ether oxygens (including phenoxy) is 1. The Bertz CT molecular complexity index is 891. The topological polar surface area (TPSA) is 79.0 Å². The van der Waals surface area contributed by atoms with E-state index in [9.17, 15) is 14.4 Å². The molecule has 2 aromatic carbocycles. The van der Waals surface area contributed by atoms with Crippen LogP contribution in [0.1, 0.15) is 38.7 Å². The zero-order valence-corrected chi connectivity index (χ0v) is 16.8. The quantitative estimate of drug-likeness (QED) is 0.693. The second-order valence-corrected chi connectivity index (χ2v) is 7.08. The van der Waals surface area contributed by atoms with Gasteiger partial charge in [0, 0.05) is 25.1 Å². The van der Waals surface area contributed by atoms with E-state index in [4.69, 9.17) is 4.74 Å². The van der Waals surface area contributed by atoms with Gasteiger partial charge in [0.1, 0.15) is 5.75 Å². The Morgan fingerprint density at radius 1 is 1.03 bits per heavy atom. The molecular formula is C22H25N3O4. The van der Waals surface area contributed by atoms with Gasteiger partial charge in [-0.25, -0.2) is 0 Å². The van der Waals surface area contributed by atoms with Crippen LogP contribution in [0.15, 0.2) is 48.5 Å². The Morgan fingerprint density at radius 3 is 2.21 bits per heavy atom. The van der Waals surface area contributed by atoms with Crippen LogP contribution in [0.5, 0.6) is 5.75 Å². The molecular weight excluding hydrogens is 370 g/mol. The van der Waals surface area contributed by atoms with E-state index in [1.807, 2.05) is 43.3 Å². The van der Waals surface area contributed by atoms with E-state index in [-0.39, 0.29) is 36.7 Å². The molecule has 1 heterocycles. The Morgan fingerprint density at radius 2 is 1.62 bits per heavy atom. The van der Waals surface area contributed by atoms with Crippen molar-refractivity contribution in [2.24, 2.45) is 0 Å². The van der Waals surface area contributed by atoms with Gasteiger partial charge in [-0.15, -0.1) is 0 Å². The number of methoxy groups -OCH3 is 1. The van der Waals surface area contributed by atoms with Crippen molar-refractivity contribution < 1.29 is 19.1 Å². The number of amides is 3. The van der Waals surface area contributed by atoms with Gasteiger partial charge in [-0.05, 0) is 32.3 Å². The maximum Gasteiger partial charge on any atom is 0.261 e. The van der Waals surface area contributed by atoms with E-state index in [1.54, 1.807) is 31.4 Å². The highest BCUT2D eigenvalue weighted by atomic mass is 16.5. The van der Waals surface area contributed by atoms with Crippen molar-refractivity contribution in [1.29, 1.82) is 0 Å². The summed E-state index contributed by atoms with van der Waals surface area (Å²) >= 11 is 0. The lowest BCUT2D eigenvalue weighted by Crippen LogP contribution is -2.37. The van der Waals surface area contributed by atoms with Crippen LogP contribution >= 0.6 is 0 Å². The van der Waals surface area contributed by atoms with Gasteiger partial charge in [0.15, 0.2) is 0 Å². The predicted molar refractivity (Wildman–Crippen MR) is 109 cm³/mol. The zero-order valence-electron chi connectivity index (χ0n) is 16.8. The second-order valence-electron chi connectivity index (χ2n) is 7.08. The van der Waals surface area contributed by atoms with Crippen LogP contribution in [0.3, 0.4) is 0 Å². The van der Waals surface area contributed by atoms with Crippen molar-refractivity contribution in [2.75, 3.05) is 34.3 Å². The molecule has 0 bridgehead atoms. The Balaban J connectivity index is 1.58. The number of carbonyl (C=O) groups is 3. The van der Waals surface area contributed by atoms with E-state index in [0.29, 0.717) is 17.7 Å². The molecule has 2 aromatic rings. The molecule has 3 rings (SSSR count). The first-order chi connectivity index (χ1) is 13.9. The lowest BCUT2D eigenvalue weighted by molar-refractivity contribution is -0.121. The van der Waals surface area contributed by atoms with Crippen LogP contribution in [-0.2, 0) is 4.79 Å².